The summed E-state index contributed by atoms with van der Waals surface area (Å²) in [6.07, 6.45) is 6.21. The van der Waals surface area contributed by atoms with Gasteiger partial charge in [0.1, 0.15) is 5.75 Å². The van der Waals surface area contributed by atoms with Crippen LogP contribution in [0.25, 0.3) is 11.0 Å². The molecular formula is C27H34ClNO2S. The molecule has 1 unspecified atom stereocenters. The molecule has 1 heterocycles. The maximum atomic E-state index is 6.59. The van der Waals surface area contributed by atoms with Crippen LogP contribution in [0.2, 0.25) is 0 Å². The number of thioether (sulfide) groups is 1. The molecule has 0 radical (unpaired) electrons. The number of rotatable bonds is 10. The van der Waals surface area contributed by atoms with Gasteiger partial charge in [-0.15, -0.1) is 11.8 Å². The highest BCUT2D eigenvalue weighted by atomic mass is 35.5. The van der Waals surface area contributed by atoms with Gasteiger partial charge in [0.25, 0.3) is 0 Å². The first-order valence-electron chi connectivity index (χ1n) is 11.8. The number of ether oxygens (including phenoxy) is 1. The van der Waals surface area contributed by atoms with Gasteiger partial charge < -0.3 is 9.26 Å². The Bertz CT molecular complexity index is 1030. The van der Waals surface area contributed by atoms with E-state index in [1.807, 2.05) is 17.8 Å². The molecule has 172 valence electrons. The van der Waals surface area contributed by atoms with Gasteiger partial charge in [-0.1, -0.05) is 63.0 Å². The van der Waals surface area contributed by atoms with E-state index in [-0.39, 0.29) is 11.0 Å². The van der Waals surface area contributed by atoms with Gasteiger partial charge in [0.2, 0.25) is 0 Å². The minimum Gasteiger partial charge on any atom is -0.474 e. The number of aromatic nitrogens is 1. The minimum absolute atomic E-state index is 0.154. The third-order valence-corrected chi connectivity index (χ3v) is 7.12. The fourth-order valence-electron chi connectivity index (χ4n) is 4.04. The zero-order valence-electron chi connectivity index (χ0n) is 19.6. The summed E-state index contributed by atoms with van der Waals surface area (Å²) in [5.41, 5.74) is 4.19. The van der Waals surface area contributed by atoms with Crippen molar-refractivity contribution in [3.05, 3.63) is 53.2 Å². The smallest absolute Gasteiger partial charge is 0.174 e. The van der Waals surface area contributed by atoms with Crippen LogP contribution < -0.4 is 4.74 Å². The quantitative estimate of drug-likeness (QED) is 0.219. The number of hydrogen-bond donors (Lipinski definition) is 0. The van der Waals surface area contributed by atoms with Crippen LogP contribution in [0.4, 0.5) is 0 Å². The summed E-state index contributed by atoms with van der Waals surface area (Å²) in [6, 6.07) is 13.1. The summed E-state index contributed by atoms with van der Waals surface area (Å²) in [5, 5.41) is 5.47. The van der Waals surface area contributed by atoms with E-state index in [2.05, 4.69) is 63.2 Å². The van der Waals surface area contributed by atoms with Crippen molar-refractivity contribution in [1.82, 2.24) is 5.16 Å². The van der Waals surface area contributed by atoms with E-state index in [0.717, 1.165) is 65.3 Å². The van der Waals surface area contributed by atoms with Crippen LogP contribution in [0.3, 0.4) is 0 Å². The largest absolute Gasteiger partial charge is 0.474 e. The number of nitrogens with zero attached hydrogens (tertiary/aromatic N) is 1. The number of aryl methyl sites for hydroxylation is 1. The highest BCUT2D eigenvalue weighted by Gasteiger charge is 2.23. The van der Waals surface area contributed by atoms with Crippen LogP contribution in [0.15, 0.2) is 45.8 Å². The van der Waals surface area contributed by atoms with Crippen molar-refractivity contribution in [2.24, 2.45) is 5.41 Å². The second kappa shape index (κ2) is 10.1. The van der Waals surface area contributed by atoms with Gasteiger partial charge >= 0.3 is 0 Å². The Morgan fingerprint density at radius 3 is 2.56 bits per heavy atom. The molecule has 2 aromatic carbocycles. The van der Waals surface area contributed by atoms with Crippen molar-refractivity contribution < 1.29 is 9.26 Å². The lowest BCUT2D eigenvalue weighted by Gasteiger charge is -2.17. The molecule has 32 heavy (non-hydrogen) atoms. The van der Waals surface area contributed by atoms with Gasteiger partial charge in [-0.25, -0.2) is 0 Å². The van der Waals surface area contributed by atoms with Gasteiger partial charge in [-0.05, 0) is 66.8 Å². The molecular weight excluding hydrogens is 438 g/mol. The summed E-state index contributed by atoms with van der Waals surface area (Å²) in [6.45, 7) is 8.82. The maximum absolute atomic E-state index is 6.59. The number of halogens is 1. The van der Waals surface area contributed by atoms with Crippen molar-refractivity contribution >= 4 is 34.3 Å². The molecule has 4 rings (SSSR count). The summed E-state index contributed by atoms with van der Waals surface area (Å²) < 4.78 is 12.0. The molecule has 1 aromatic heterocycles. The molecule has 0 N–H and O–H groups in total. The number of alkyl halides is 1. The van der Waals surface area contributed by atoms with Gasteiger partial charge in [0.15, 0.2) is 11.1 Å². The molecule has 1 fully saturated rings. The fourth-order valence-corrected chi connectivity index (χ4v) is 5.27. The second-order valence-corrected chi connectivity index (χ2v) is 11.7. The first-order chi connectivity index (χ1) is 15.3. The molecule has 0 bridgehead atoms. The van der Waals surface area contributed by atoms with Crippen LogP contribution in [-0.4, -0.2) is 16.5 Å². The van der Waals surface area contributed by atoms with Crippen LogP contribution in [0.5, 0.6) is 5.75 Å². The zero-order chi connectivity index (χ0) is 22.7. The highest BCUT2D eigenvalue weighted by Crippen LogP contribution is 2.40. The van der Waals surface area contributed by atoms with Crippen LogP contribution in [0, 0.1) is 5.41 Å². The van der Waals surface area contributed by atoms with Gasteiger partial charge in [0.05, 0.1) is 5.69 Å². The summed E-state index contributed by atoms with van der Waals surface area (Å²) in [5.74, 6) is 2.54. The van der Waals surface area contributed by atoms with E-state index >= 15 is 0 Å². The monoisotopic (exact) mass is 471 g/mol. The molecule has 1 aliphatic rings. The number of hydrogen-bond acceptors (Lipinski definition) is 4. The molecule has 5 heteroatoms. The SMILES string of the molecule is CCCc1c(OC(Cl)CCSc2ccc(C3CC3)cc2)ccc2c(CC(C)(C)C)noc12. The zero-order valence-corrected chi connectivity index (χ0v) is 21.2. The molecule has 1 atom stereocenters. The molecule has 0 amide bonds. The van der Waals surface area contributed by atoms with E-state index in [0.29, 0.717) is 0 Å². The lowest BCUT2D eigenvalue weighted by molar-refractivity contribution is 0.275. The summed E-state index contributed by atoms with van der Waals surface area (Å²) in [4.78, 5) is 1.29. The summed E-state index contributed by atoms with van der Waals surface area (Å²) in [7, 11) is 0. The average molecular weight is 472 g/mol. The molecule has 1 saturated carbocycles. The first-order valence-corrected chi connectivity index (χ1v) is 13.2. The minimum atomic E-state index is -0.377. The van der Waals surface area contributed by atoms with Crippen molar-refractivity contribution in [1.29, 1.82) is 0 Å². The Hall–Kier alpha value is -1.65. The van der Waals surface area contributed by atoms with Crippen LogP contribution in [0.1, 0.15) is 76.1 Å². The first kappa shape index (κ1) is 23.5. The Labute approximate surface area is 201 Å². The third kappa shape index (κ3) is 6.02. The van der Waals surface area contributed by atoms with E-state index < -0.39 is 0 Å². The maximum Gasteiger partial charge on any atom is 0.174 e. The lowest BCUT2D eigenvalue weighted by atomic mass is 9.89. The van der Waals surface area contributed by atoms with Gasteiger partial charge in [-0.2, -0.15) is 0 Å². The van der Waals surface area contributed by atoms with E-state index in [9.17, 15) is 0 Å². The average Bonchev–Trinajstić information content (AvgIpc) is 3.51. The Balaban J connectivity index is 1.39. The third-order valence-electron chi connectivity index (χ3n) is 5.77. The Kier molecular flexibility index (Phi) is 7.41. The van der Waals surface area contributed by atoms with Crippen LogP contribution in [-0.2, 0) is 12.8 Å². The van der Waals surface area contributed by atoms with Crippen molar-refractivity contribution in [3.63, 3.8) is 0 Å². The fraction of sp³-hybridized carbons (Fsp3) is 0.519. The number of benzene rings is 2. The van der Waals surface area contributed by atoms with Crippen molar-refractivity contribution in [2.75, 3.05) is 5.75 Å². The molecule has 1 aliphatic carbocycles. The van der Waals surface area contributed by atoms with Gasteiger partial charge in [-0.3, -0.25) is 0 Å². The normalized spacial score (nSPS) is 15.3. The van der Waals surface area contributed by atoms with E-state index in [1.165, 1.54) is 23.3 Å². The highest BCUT2D eigenvalue weighted by molar-refractivity contribution is 7.99. The molecule has 0 aliphatic heterocycles. The predicted molar refractivity (Wildman–Crippen MR) is 135 cm³/mol. The molecule has 0 saturated heterocycles. The lowest BCUT2D eigenvalue weighted by Crippen LogP contribution is -2.11. The number of fused-ring (bicyclic) bond motifs is 1. The van der Waals surface area contributed by atoms with Gasteiger partial charge in [0, 0.05) is 28.0 Å². The van der Waals surface area contributed by atoms with E-state index in [1.54, 1.807) is 0 Å². The predicted octanol–water partition coefficient (Wildman–Crippen LogP) is 8.37. The Morgan fingerprint density at radius 1 is 1.16 bits per heavy atom. The molecule has 3 aromatic rings. The van der Waals surface area contributed by atoms with Crippen LogP contribution >= 0.6 is 23.4 Å². The molecule has 3 nitrogen and oxygen atoms in total. The second-order valence-electron chi connectivity index (χ2n) is 10.0. The topological polar surface area (TPSA) is 35.3 Å². The van der Waals surface area contributed by atoms with Crippen molar-refractivity contribution in [3.8, 4) is 5.75 Å². The standard InChI is InChI=1S/C27H34ClNO2S/c1-5-6-22-24(14-13-21-23(17-27(2,3)4)29-31-26(21)22)30-25(28)15-16-32-20-11-9-19(10-12-20)18-7-8-18/h9-14,18,25H,5-8,15-17H2,1-4H3. The Morgan fingerprint density at radius 2 is 1.91 bits per heavy atom. The van der Waals surface area contributed by atoms with E-state index in [4.69, 9.17) is 20.9 Å². The molecule has 0 spiro atoms. The van der Waals surface area contributed by atoms with Crippen molar-refractivity contribution in [2.45, 2.75) is 82.6 Å². The summed E-state index contributed by atoms with van der Waals surface area (Å²) >= 11 is 8.42.